The molecule has 0 aromatic heterocycles. The zero-order valence-electron chi connectivity index (χ0n) is 18.7. The van der Waals surface area contributed by atoms with Gasteiger partial charge in [0.05, 0.1) is 12.8 Å². The summed E-state index contributed by atoms with van der Waals surface area (Å²) in [5, 5.41) is 5.32. The third kappa shape index (κ3) is 12.6. The summed E-state index contributed by atoms with van der Waals surface area (Å²) < 4.78 is 51.5. The Balaban J connectivity index is 0.000000747. The minimum Gasteiger partial charge on any atom is -0.490 e. The first-order valence-electron chi connectivity index (χ1n) is 10.1. The second-order valence-electron chi connectivity index (χ2n) is 7.11. The first kappa shape index (κ1) is 28.4. The number of ether oxygens (including phenoxy) is 3. The van der Waals surface area contributed by atoms with Crippen LogP contribution in [-0.2, 0) is 14.3 Å². The predicted molar refractivity (Wildman–Crippen MR) is 114 cm³/mol. The van der Waals surface area contributed by atoms with E-state index in [0.717, 1.165) is 13.8 Å². The van der Waals surface area contributed by atoms with Gasteiger partial charge in [-0.05, 0) is 32.0 Å². The largest absolute Gasteiger partial charge is 0.490 e. The molecule has 0 bridgehead atoms. The Hall–Kier alpha value is -2.65. The van der Waals surface area contributed by atoms with E-state index < -0.39 is 17.9 Å². The Morgan fingerprint density at radius 2 is 1.77 bits per heavy atom. The van der Waals surface area contributed by atoms with Gasteiger partial charge in [-0.1, -0.05) is 39.5 Å². The molecular weight excluding hydrogens is 417 g/mol. The lowest BCUT2D eigenvalue weighted by Crippen LogP contribution is -2.44. The van der Waals surface area contributed by atoms with Crippen molar-refractivity contribution in [3.8, 4) is 5.75 Å². The van der Waals surface area contributed by atoms with Crippen molar-refractivity contribution in [2.45, 2.75) is 65.2 Å². The number of carbonyl (C=O) groups is 2. The summed E-state index contributed by atoms with van der Waals surface area (Å²) in [6, 6.07) is 4.70. The zero-order chi connectivity index (χ0) is 23.9. The number of hydrogen-bond donors (Lipinski definition) is 2. The summed E-state index contributed by atoms with van der Waals surface area (Å²) >= 11 is 0. The van der Waals surface area contributed by atoms with Crippen LogP contribution in [0.1, 0.15) is 53.4 Å². The van der Waals surface area contributed by atoms with Crippen LogP contribution in [-0.4, -0.2) is 44.6 Å². The molecule has 0 radical (unpaired) electrons. The maximum absolute atomic E-state index is 12.6. The number of halogens is 3. The van der Waals surface area contributed by atoms with Gasteiger partial charge >= 0.3 is 12.3 Å². The van der Waals surface area contributed by atoms with Crippen molar-refractivity contribution in [3.63, 3.8) is 0 Å². The molecule has 0 spiro atoms. The summed E-state index contributed by atoms with van der Waals surface area (Å²) in [6.45, 7) is 7.34. The molecule has 3 rings (SSSR count). The number of hydrogen-bond acceptors (Lipinski definition) is 6. The SMILES string of the molecule is C1CC1.CC(C)(OC(=O)Nc1ccc2c(c1)NCCO2)C(F)(F)F.CCC.COC=O. The number of alkyl halides is 3. The van der Waals surface area contributed by atoms with Gasteiger partial charge in [0.1, 0.15) is 12.4 Å². The number of anilines is 2. The molecule has 1 amide bonds. The number of methoxy groups -OCH3 is 1. The molecule has 1 saturated carbocycles. The van der Waals surface area contributed by atoms with Gasteiger partial charge < -0.3 is 19.5 Å². The highest BCUT2D eigenvalue weighted by Gasteiger charge is 2.50. The van der Waals surface area contributed by atoms with E-state index >= 15 is 0 Å². The fraction of sp³-hybridized carbons (Fsp3) is 0.619. The second-order valence-corrected chi connectivity index (χ2v) is 7.11. The maximum atomic E-state index is 12.6. The first-order valence-corrected chi connectivity index (χ1v) is 10.1. The normalized spacial score (nSPS) is 13.4. The van der Waals surface area contributed by atoms with Gasteiger partial charge in [-0.3, -0.25) is 10.1 Å². The number of rotatable bonds is 3. The van der Waals surface area contributed by atoms with Gasteiger partial charge in [0.2, 0.25) is 5.60 Å². The van der Waals surface area contributed by atoms with Crippen molar-refractivity contribution in [1.82, 2.24) is 0 Å². The number of nitrogens with one attached hydrogen (secondary N) is 2. The Morgan fingerprint density at radius 3 is 2.23 bits per heavy atom. The molecule has 7 nitrogen and oxygen atoms in total. The fourth-order valence-electron chi connectivity index (χ4n) is 1.65. The minimum atomic E-state index is -4.64. The van der Waals surface area contributed by atoms with Gasteiger partial charge in [-0.25, -0.2) is 4.79 Å². The highest BCUT2D eigenvalue weighted by atomic mass is 19.4. The Labute approximate surface area is 181 Å². The molecule has 31 heavy (non-hydrogen) atoms. The van der Waals surface area contributed by atoms with E-state index in [1.54, 1.807) is 12.1 Å². The summed E-state index contributed by atoms with van der Waals surface area (Å²) in [5.41, 5.74) is -1.59. The maximum Gasteiger partial charge on any atom is 0.427 e. The third-order valence-corrected chi connectivity index (χ3v) is 3.38. The van der Waals surface area contributed by atoms with Crippen LogP contribution in [0.15, 0.2) is 18.2 Å². The zero-order valence-corrected chi connectivity index (χ0v) is 18.7. The van der Waals surface area contributed by atoms with Crippen molar-refractivity contribution in [1.29, 1.82) is 0 Å². The van der Waals surface area contributed by atoms with E-state index in [2.05, 4.69) is 34.0 Å². The lowest BCUT2D eigenvalue weighted by Gasteiger charge is -2.27. The number of carbonyl (C=O) groups excluding carboxylic acids is 2. The van der Waals surface area contributed by atoms with E-state index in [0.29, 0.717) is 36.7 Å². The van der Waals surface area contributed by atoms with Gasteiger partial charge in [-0.2, -0.15) is 13.2 Å². The van der Waals surface area contributed by atoms with Crippen molar-refractivity contribution in [3.05, 3.63) is 18.2 Å². The lowest BCUT2D eigenvalue weighted by molar-refractivity contribution is -0.242. The highest BCUT2D eigenvalue weighted by molar-refractivity contribution is 5.86. The molecule has 1 aliphatic heterocycles. The van der Waals surface area contributed by atoms with Crippen molar-refractivity contribution in [2.24, 2.45) is 0 Å². The minimum absolute atomic E-state index is 0.315. The van der Waals surface area contributed by atoms with Gasteiger partial charge in [0.15, 0.2) is 0 Å². The molecule has 0 saturated heterocycles. The smallest absolute Gasteiger partial charge is 0.427 e. The van der Waals surface area contributed by atoms with E-state index in [4.69, 9.17) is 9.53 Å². The van der Waals surface area contributed by atoms with Crippen LogP contribution in [0.4, 0.5) is 29.3 Å². The average Bonchev–Trinajstić information content (AvgIpc) is 3.57. The van der Waals surface area contributed by atoms with Crippen LogP contribution >= 0.6 is 0 Å². The summed E-state index contributed by atoms with van der Waals surface area (Å²) in [5.74, 6) is 0.621. The van der Waals surface area contributed by atoms with Crippen LogP contribution in [0.3, 0.4) is 0 Å². The highest BCUT2D eigenvalue weighted by Crippen LogP contribution is 2.34. The Kier molecular flexibility index (Phi) is 13.1. The van der Waals surface area contributed by atoms with Gasteiger partial charge in [-0.15, -0.1) is 0 Å². The van der Waals surface area contributed by atoms with Crippen LogP contribution in [0.2, 0.25) is 0 Å². The summed E-state index contributed by atoms with van der Waals surface area (Å²) in [7, 11) is 1.31. The molecule has 0 atom stereocenters. The topological polar surface area (TPSA) is 85.9 Å². The van der Waals surface area contributed by atoms with E-state index in [1.807, 2.05) is 0 Å². The van der Waals surface area contributed by atoms with E-state index in [-0.39, 0.29) is 0 Å². The van der Waals surface area contributed by atoms with Crippen LogP contribution < -0.4 is 15.4 Å². The monoisotopic (exact) mass is 450 g/mol. The molecular formula is C21H33F3N2O5. The molecule has 2 N–H and O–H groups in total. The van der Waals surface area contributed by atoms with E-state index in [9.17, 15) is 18.0 Å². The molecule has 10 heteroatoms. The quantitative estimate of drug-likeness (QED) is 0.570. The fourth-order valence-corrected chi connectivity index (χ4v) is 1.65. The molecule has 1 aliphatic carbocycles. The first-order chi connectivity index (χ1) is 14.5. The number of amides is 1. The van der Waals surface area contributed by atoms with Crippen molar-refractivity contribution >= 4 is 23.9 Å². The van der Waals surface area contributed by atoms with Crippen LogP contribution in [0.25, 0.3) is 0 Å². The Morgan fingerprint density at radius 1 is 1.23 bits per heavy atom. The standard InChI is InChI=1S/C13H15F3N2O3.C3H6.C3H8.C2H4O2/c1-12(2,13(14,15)16)21-11(19)18-8-3-4-10-9(7-8)17-5-6-20-10;1-2-3-1;1-3-2;1-4-2-3/h3-4,7,17H,5-6H2,1-2H3,(H,18,19);1-3H2;3H2,1-2H3;2H,1H3. The van der Waals surface area contributed by atoms with E-state index in [1.165, 1.54) is 38.9 Å². The number of fused-ring (bicyclic) bond motifs is 1. The van der Waals surface area contributed by atoms with Gasteiger partial charge in [0.25, 0.3) is 6.47 Å². The van der Waals surface area contributed by atoms with Crippen LogP contribution in [0.5, 0.6) is 5.75 Å². The van der Waals surface area contributed by atoms with Crippen molar-refractivity contribution < 1.29 is 37.0 Å². The Bertz CT molecular complexity index is 662. The van der Waals surface area contributed by atoms with Crippen molar-refractivity contribution in [2.75, 3.05) is 30.9 Å². The molecule has 1 fully saturated rings. The second kappa shape index (κ2) is 14.4. The molecule has 1 aromatic carbocycles. The average molecular weight is 450 g/mol. The molecule has 0 unspecified atom stereocenters. The molecule has 178 valence electrons. The predicted octanol–water partition coefficient (Wildman–Crippen LogP) is 5.76. The number of benzene rings is 1. The molecule has 1 aromatic rings. The van der Waals surface area contributed by atoms with Crippen LogP contribution in [0, 0.1) is 0 Å². The molecule has 2 aliphatic rings. The summed E-state index contributed by atoms with van der Waals surface area (Å²) in [4.78, 5) is 20.5. The summed E-state index contributed by atoms with van der Waals surface area (Å²) in [6.07, 6.45) is -0.0655. The molecule has 1 heterocycles. The third-order valence-electron chi connectivity index (χ3n) is 3.38. The lowest BCUT2D eigenvalue weighted by atomic mass is 10.1. The van der Waals surface area contributed by atoms with Gasteiger partial charge in [0, 0.05) is 12.2 Å².